The van der Waals surface area contributed by atoms with E-state index < -0.39 is 10.2 Å². The Kier molecular flexibility index (Phi) is 4.31. The SMILES string of the molecule is Cc1cc(N2C[C@H](NS(N)(=O)=O)[C@@H](C(C)C)C2)ccn1. The molecule has 1 aliphatic rings. The maximum Gasteiger partial charge on any atom is 0.274 e. The largest absolute Gasteiger partial charge is 0.369 e. The smallest absolute Gasteiger partial charge is 0.274 e. The summed E-state index contributed by atoms with van der Waals surface area (Å²) in [5.41, 5.74) is 2.02. The van der Waals surface area contributed by atoms with Crippen LogP contribution in [0.1, 0.15) is 19.5 Å². The Morgan fingerprint density at radius 3 is 2.70 bits per heavy atom. The van der Waals surface area contributed by atoms with Gasteiger partial charge in [-0.25, -0.2) is 5.14 Å². The molecule has 1 aromatic heterocycles. The number of nitrogens with two attached hydrogens (primary N) is 1. The van der Waals surface area contributed by atoms with Gasteiger partial charge in [0, 0.05) is 36.7 Å². The predicted octanol–water partition coefficient (Wildman–Crippen LogP) is 0.644. The standard InChI is InChI=1S/C13H22N4O2S/c1-9(2)12-7-17(8-13(12)16-20(14,18)19)11-4-5-15-10(3)6-11/h4-6,9,12-13,16H,7-8H2,1-3H3,(H2,14,18,19)/t12-,13+/m1/s1. The van der Waals surface area contributed by atoms with Crippen molar-refractivity contribution in [3.8, 4) is 0 Å². The molecule has 7 heteroatoms. The summed E-state index contributed by atoms with van der Waals surface area (Å²) < 4.78 is 25.1. The average molecular weight is 298 g/mol. The van der Waals surface area contributed by atoms with Crippen LogP contribution in [-0.4, -0.2) is 32.5 Å². The van der Waals surface area contributed by atoms with Gasteiger partial charge in [-0.05, 0) is 30.9 Å². The Labute approximate surface area is 120 Å². The highest BCUT2D eigenvalue weighted by molar-refractivity contribution is 7.87. The number of nitrogens with zero attached hydrogens (tertiary/aromatic N) is 2. The molecule has 1 aliphatic heterocycles. The molecule has 0 spiro atoms. The normalized spacial score (nSPS) is 23.6. The number of aromatic nitrogens is 1. The van der Waals surface area contributed by atoms with E-state index in [0.717, 1.165) is 17.9 Å². The Hall–Kier alpha value is -1.18. The van der Waals surface area contributed by atoms with Crippen LogP contribution < -0.4 is 14.8 Å². The summed E-state index contributed by atoms with van der Waals surface area (Å²) in [6, 6.07) is 3.80. The Balaban J connectivity index is 2.19. The zero-order chi connectivity index (χ0) is 14.9. The van der Waals surface area contributed by atoms with Crippen molar-refractivity contribution in [2.24, 2.45) is 17.0 Å². The molecule has 2 heterocycles. The maximum atomic E-state index is 11.3. The minimum Gasteiger partial charge on any atom is -0.369 e. The molecule has 6 nitrogen and oxygen atoms in total. The van der Waals surface area contributed by atoms with E-state index in [1.54, 1.807) is 6.20 Å². The first-order valence-electron chi connectivity index (χ1n) is 6.74. The lowest BCUT2D eigenvalue weighted by atomic mass is 9.92. The lowest BCUT2D eigenvalue weighted by Crippen LogP contribution is -2.45. The monoisotopic (exact) mass is 298 g/mol. The maximum absolute atomic E-state index is 11.3. The average Bonchev–Trinajstić information content (AvgIpc) is 2.70. The fourth-order valence-electron chi connectivity index (χ4n) is 2.78. The summed E-state index contributed by atoms with van der Waals surface area (Å²) in [6.45, 7) is 7.59. The zero-order valence-electron chi connectivity index (χ0n) is 12.1. The summed E-state index contributed by atoms with van der Waals surface area (Å²) in [7, 11) is -3.68. The van der Waals surface area contributed by atoms with Gasteiger partial charge in [-0.3, -0.25) is 4.98 Å². The topological polar surface area (TPSA) is 88.3 Å². The van der Waals surface area contributed by atoms with Gasteiger partial charge in [-0.15, -0.1) is 0 Å². The molecule has 0 radical (unpaired) electrons. The molecule has 2 atom stereocenters. The molecule has 0 aliphatic carbocycles. The molecule has 112 valence electrons. The van der Waals surface area contributed by atoms with Gasteiger partial charge in [0.25, 0.3) is 10.2 Å². The van der Waals surface area contributed by atoms with Crippen LogP contribution in [0.2, 0.25) is 0 Å². The summed E-state index contributed by atoms with van der Waals surface area (Å²) in [6.07, 6.45) is 1.77. The molecule has 0 saturated carbocycles. The van der Waals surface area contributed by atoms with Crippen LogP contribution in [0.5, 0.6) is 0 Å². The number of hydrogen-bond acceptors (Lipinski definition) is 4. The Morgan fingerprint density at radius 1 is 1.45 bits per heavy atom. The summed E-state index contributed by atoms with van der Waals surface area (Å²) in [5, 5.41) is 5.12. The van der Waals surface area contributed by atoms with Gasteiger partial charge in [0.1, 0.15) is 0 Å². The molecule has 1 aromatic rings. The molecule has 0 unspecified atom stereocenters. The molecule has 20 heavy (non-hydrogen) atoms. The minimum atomic E-state index is -3.68. The van der Waals surface area contributed by atoms with Gasteiger partial charge in [-0.2, -0.15) is 13.1 Å². The highest BCUT2D eigenvalue weighted by Crippen LogP contribution is 2.29. The third-order valence-corrected chi connectivity index (χ3v) is 4.41. The lowest BCUT2D eigenvalue weighted by Gasteiger charge is -2.21. The van der Waals surface area contributed by atoms with Crippen molar-refractivity contribution in [2.75, 3.05) is 18.0 Å². The Morgan fingerprint density at radius 2 is 2.15 bits per heavy atom. The van der Waals surface area contributed by atoms with Crippen molar-refractivity contribution in [3.05, 3.63) is 24.0 Å². The fraction of sp³-hybridized carbons (Fsp3) is 0.615. The first-order chi connectivity index (χ1) is 9.26. The van der Waals surface area contributed by atoms with E-state index in [4.69, 9.17) is 5.14 Å². The van der Waals surface area contributed by atoms with E-state index >= 15 is 0 Å². The van der Waals surface area contributed by atoms with Gasteiger partial charge in [0.15, 0.2) is 0 Å². The molecular formula is C13H22N4O2S. The fourth-order valence-corrected chi connectivity index (χ4v) is 3.45. The van der Waals surface area contributed by atoms with E-state index in [2.05, 4.69) is 28.5 Å². The van der Waals surface area contributed by atoms with Crippen LogP contribution in [0.15, 0.2) is 18.3 Å². The van der Waals surface area contributed by atoms with Gasteiger partial charge in [-0.1, -0.05) is 13.8 Å². The number of aryl methyl sites for hydroxylation is 1. The summed E-state index contributed by atoms with van der Waals surface area (Å²) in [5.74, 6) is 0.615. The van der Waals surface area contributed by atoms with Gasteiger partial charge < -0.3 is 4.90 Å². The third kappa shape index (κ3) is 3.68. The molecule has 0 aromatic carbocycles. The van der Waals surface area contributed by atoms with E-state index in [1.807, 2.05) is 19.1 Å². The molecule has 1 saturated heterocycles. The van der Waals surface area contributed by atoms with Crippen molar-refractivity contribution in [3.63, 3.8) is 0 Å². The van der Waals surface area contributed by atoms with Gasteiger partial charge >= 0.3 is 0 Å². The number of pyridine rings is 1. The van der Waals surface area contributed by atoms with Crippen LogP contribution in [0.4, 0.5) is 5.69 Å². The number of nitrogens with one attached hydrogen (secondary N) is 1. The zero-order valence-corrected chi connectivity index (χ0v) is 12.9. The van der Waals surface area contributed by atoms with Crippen molar-refractivity contribution in [2.45, 2.75) is 26.8 Å². The molecule has 3 N–H and O–H groups in total. The first-order valence-corrected chi connectivity index (χ1v) is 8.28. The van der Waals surface area contributed by atoms with Crippen molar-refractivity contribution in [1.29, 1.82) is 0 Å². The van der Waals surface area contributed by atoms with Crippen molar-refractivity contribution in [1.82, 2.24) is 9.71 Å². The third-order valence-electron chi connectivity index (χ3n) is 3.78. The Bertz CT molecular complexity index is 573. The second-order valence-electron chi connectivity index (χ2n) is 5.74. The van der Waals surface area contributed by atoms with E-state index in [1.165, 1.54) is 0 Å². The minimum absolute atomic E-state index is 0.154. The molecule has 2 rings (SSSR count). The highest BCUT2D eigenvalue weighted by atomic mass is 32.2. The number of anilines is 1. The molecule has 1 fully saturated rings. The van der Waals surface area contributed by atoms with Crippen LogP contribution >= 0.6 is 0 Å². The number of rotatable bonds is 4. The summed E-state index contributed by atoms with van der Waals surface area (Å²) in [4.78, 5) is 6.37. The van der Waals surface area contributed by atoms with Gasteiger partial charge in [0.2, 0.25) is 0 Å². The first kappa shape index (κ1) is 15.2. The second kappa shape index (κ2) is 5.67. The van der Waals surface area contributed by atoms with E-state index in [-0.39, 0.29) is 12.0 Å². The van der Waals surface area contributed by atoms with Gasteiger partial charge in [0.05, 0.1) is 0 Å². The van der Waals surface area contributed by atoms with Crippen LogP contribution in [0, 0.1) is 18.8 Å². The highest BCUT2D eigenvalue weighted by Gasteiger charge is 2.36. The van der Waals surface area contributed by atoms with Crippen LogP contribution in [0.3, 0.4) is 0 Å². The molecular weight excluding hydrogens is 276 g/mol. The van der Waals surface area contributed by atoms with E-state index in [0.29, 0.717) is 12.5 Å². The van der Waals surface area contributed by atoms with Crippen LogP contribution in [-0.2, 0) is 10.2 Å². The van der Waals surface area contributed by atoms with Crippen LogP contribution in [0.25, 0.3) is 0 Å². The van der Waals surface area contributed by atoms with E-state index in [9.17, 15) is 8.42 Å². The molecule has 0 bridgehead atoms. The van der Waals surface area contributed by atoms with Crippen molar-refractivity contribution >= 4 is 15.9 Å². The lowest BCUT2D eigenvalue weighted by molar-refractivity contribution is 0.364. The quantitative estimate of drug-likeness (QED) is 0.854. The number of hydrogen-bond donors (Lipinski definition) is 2. The predicted molar refractivity (Wildman–Crippen MR) is 79.5 cm³/mol. The second-order valence-corrected chi connectivity index (χ2v) is 7.06. The molecule has 0 amide bonds. The summed E-state index contributed by atoms with van der Waals surface area (Å²) >= 11 is 0. The van der Waals surface area contributed by atoms with Crippen molar-refractivity contribution < 1.29 is 8.42 Å².